The normalized spacial score (nSPS) is 13.1. The van der Waals surface area contributed by atoms with E-state index < -0.39 is 39.4 Å². The van der Waals surface area contributed by atoms with Crippen molar-refractivity contribution in [1.29, 1.82) is 0 Å². The van der Waals surface area contributed by atoms with Gasteiger partial charge in [-0.2, -0.15) is 13.2 Å². The van der Waals surface area contributed by atoms with Gasteiger partial charge in [-0.15, -0.1) is 0 Å². The molecule has 10 heteroatoms. The maximum atomic E-state index is 13.2. The number of benzene rings is 2. The van der Waals surface area contributed by atoms with Crippen molar-refractivity contribution in [2.75, 3.05) is 15.9 Å². The van der Waals surface area contributed by atoms with Crippen LogP contribution in [0.2, 0.25) is 5.02 Å². The molecule has 0 saturated carbocycles. The van der Waals surface area contributed by atoms with Crippen molar-refractivity contribution in [2.24, 2.45) is 0 Å². The van der Waals surface area contributed by atoms with Crippen LogP contribution in [-0.2, 0) is 21.0 Å². The van der Waals surface area contributed by atoms with Gasteiger partial charge in [0.2, 0.25) is 15.9 Å². The van der Waals surface area contributed by atoms with Crippen molar-refractivity contribution < 1.29 is 26.4 Å². The molecule has 2 aromatic carbocycles. The number of rotatable bonds is 5. The van der Waals surface area contributed by atoms with Crippen LogP contribution < -0.4 is 9.62 Å². The Morgan fingerprint density at radius 3 is 2.21 bits per heavy atom. The van der Waals surface area contributed by atoms with Crippen molar-refractivity contribution in [2.45, 2.75) is 26.1 Å². The Morgan fingerprint density at radius 1 is 1.14 bits per heavy atom. The van der Waals surface area contributed by atoms with E-state index >= 15 is 0 Å². The van der Waals surface area contributed by atoms with Gasteiger partial charge in [0.25, 0.3) is 0 Å². The van der Waals surface area contributed by atoms with Crippen molar-refractivity contribution in [3.8, 4) is 0 Å². The minimum Gasteiger partial charge on any atom is -0.324 e. The van der Waals surface area contributed by atoms with Gasteiger partial charge in [0.05, 0.1) is 23.2 Å². The third-order valence-corrected chi connectivity index (χ3v) is 5.40. The second-order valence-corrected chi connectivity index (χ2v) is 8.54. The van der Waals surface area contributed by atoms with Gasteiger partial charge in [0.1, 0.15) is 6.04 Å². The molecule has 0 heterocycles. The molecule has 0 aromatic heterocycles. The number of aryl methyl sites for hydroxylation is 1. The first-order valence-electron chi connectivity index (χ1n) is 8.04. The summed E-state index contributed by atoms with van der Waals surface area (Å²) in [5.41, 5.74) is -0.527. The minimum absolute atomic E-state index is 0.143. The van der Waals surface area contributed by atoms with Crippen LogP contribution in [-0.4, -0.2) is 26.6 Å². The molecule has 0 unspecified atom stereocenters. The highest BCUT2D eigenvalue weighted by atomic mass is 35.5. The molecule has 0 aliphatic heterocycles. The van der Waals surface area contributed by atoms with Gasteiger partial charge in [-0.05, 0) is 44.2 Å². The van der Waals surface area contributed by atoms with E-state index in [0.29, 0.717) is 6.07 Å². The van der Waals surface area contributed by atoms with E-state index in [0.717, 1.165) is 22.2 Å². The molecule has 2 aromatic rings. The van der Waals surface area contributed by atoms with Gasteiger partial charge in [-0.3, -0.25) is 9.10 Å². The van der Waals surface area contributed by atoms with E-state index in [-0.39, 0.29) is 10.7 Å². The summed E-state index contributed by atoms with van der Waals surface area (Å²) in [6, 6.07) is 7.98. The molecular formula is C18H18ClF3N2O3S. The van der Waals surface area contributed by atoms with E-state index in [2.05, 4.69) is 5.32 Å². The molecular weight excluding hydrogens is 417 g/mol. The topological polar surface area (TPSA) is 66.5 Å². The number of carbonyl (C=O) groups is 1. The first kappa shape index (κ1) is 22.0. The first-order chi connectivity index (χ1) is 12.8. The smallest absolute Gasteiger partial charge is 0.324 e. The Hall–Kier alpha value is -2.26. The number of nitrogens with one attached hydrogen (secondary N) is 1. The quantitative estimate of drug-likeness (QED) is 0.755. The van der Waals surface area contributed by atoms with Crippen molar-refractivity contribution in [1.82, 2.24) is 0 Å². The molecule has 5 nitrogen and oxygen atoms in total. The molecule has 0 radical (unpaired) electrons. The van der Waals surface area contributed by atoms with E-state index in [4.69, 9.17) is 11.6 Å². The van der Waals surface area contributed by atoms with E-state index in [1.165, 1.54) is 25.1 Å². The predicted molar refractivity (Wildman–Crippen MR) is 103 cm³/mol. The Kier molecular flexibility index (Phi) is 6.30. The van der Waals surface area contributed by atoms with E-state index in [1.807, 2.05) is 6.92 Å². The maximum Gasteiger partial charge on any atom is 0.418 e. The van der Waals surface area contributed by atoms with Crippen LogP contribution in [0.3, 0.4) is 0 Å². The zero-order valence-corrected chi connectivity index (χ0v) is 16.8. The summed E-state index contributed by atoms with van der Waals surface area (Å²) in [5, 5.41) is 2.01. The zero-order chi connectivity index (χ0) is 21.3. The highest BCUT2D eigenvalue weighted by Gasteiger charge is 2.35. The second kappa shape index (κ2) is 8.00. The number of hydrogen-bond donors (Lipinski definition) is 1. The molecule has 0 spiro atoms. The number of anilines is 2. The van der Waals surface area contributed by atoms with E-state index in [1.54, 1.807) is 12.1 Å². The fourth-order valence-electron chi connectivity index (χ4n) is 2.60. The number of amides is 1. The van der Waals surface area contributed by atoms with Gasteiger partial charge in [0, 0.05) is 5.02 Å². The molecule has 28 heavy (non-hydrogen) atoms. The predicted octanol–water partition coefficient (Wildman–Crippen LogP) is 4.46. The Morgan fingerprint density at radius 2 is 1.71 bits per heavy atom. The lowest BCUT2D eigenvalue weighted by molar-refractivity contribution is -0.137. The van der Waals surface area contributed by atoms with Crippen LogP contribution in [0.4, 0.5) is 24.5 Å². The minimum atomic E-state index is -4.75. The van der Waals surface area contributed by atoms with Gasteiger partial charge in [-0.25, -0.2) is 8.42 Å². The SMILES string of the molecule is Cc1ccc(N([C@H](C)C(=O)Nc2ccc(Cl)cc2C(F)(F)F)S(C)(=O)=O)cc1. The lowest BCUT2D eigenvalue weighted by Gasteiger charge is -2.28. The summed E-state index contributed by atoms with van der Waals surface area (Å²) in [6.45, 7) is 3.10. The summed E-state index contributed by atoms with van der Waals surface area (Å²) >= 11 is 5.62. The highest BCUT2D eigenvalue weighted by molar-refractivity contribution is 7.92. The van der Waals surface area contributed by atoms with Crippen LogP contribution in [0.25, 0.3) is 0 Å². The molecule has 1 atom stereocenters. The highest BCUT2D eigenvalue weighted by Crippen LogP contribution is 2.36. The standard InChI is InChI=1S/C18H18ClF3N2O3S/c1-11-4-7-14(8-5-11)24(28(3,26)27)12(2)17(25)23-16-9-6-13(19)10-15(16)18(20,21)22/h4-10,12H,1-3H3,(H,23,25)/t12-/m1/s1. The van der Waals surface area contributed by atoms with Gasteiger partial charge < -0.3 is 5.32 Å². The molecule has 1 amide bonds. The summed E-state index contributed by atoms with van der Waals surface area (Å²) in [4.78, 5) is 12.6. The summed E-state index contributed by atoms with van der Waals surface area (Å²) in [5.74, 6) is -0.918. The van der Waals surface area contributed by atoms with Gasteiger partial charge in [-0.1, -0.05) is 29.3 Å². The zero-order valence-electron chi connectivity index (χ0n) is 15.2. The third kappa shape index (κ3) is 5.17. The molecule has 1 N–H and O–H groups in total. The summed E-state index contributed by atoms with van der Waals surface area (Å²) < 4.78 is 65.0. The lowest BCUT2D eigenvalue weighted by atomic mass is 10.1. The molecule has 0 saturated heterocycles. The Bertz CT molecular complexity index is 977. The third-order valence-electron chi connectivity index (χ3n) is 3.92. The largest absolute Gasteiger partial charge is 0.418 e. The Balaban J connectivity index is 2.38. The van der Waals surface area contributed by atoms with Crippen LogP contribution in [0.5, 0.6) is 0 Å². The fraction of sp³-hybridized carbons (Fsp3) is 0.278. The van der Waals surface area contributed by atoms with Gasteiger partial charge >= 0.3 is 6.18 Å². The number of sulfonamides is 1. The lowest BCUT2D eigenvalue weighted by Crippen LogP contribution is -2.45. The average Bonchev–Trinajstić information content (AvgIpc) is 2.56. The van der Waals surface area contributed by atoms with Gasteiger partial charge in [0.15, 0.2) is 0 Å². The molecule has 152 valence electrons. The monoisotopic (exact) mass is 434 g/mol. The molecule has 0 aliphatic carbocycles. The molecule has 0 bridgehead atoms. The maximum absolute atomic E-state index is 13.2. The van der Waals surface area contributed by atoms with Crippen molar-refractivity contribution in [3.63, 3.8) is 0 Å². The first-order valence-corrected chi connectivity index (χ1v) is 10.3. The van der Waals surface area contributed by atoms with Crippen LogP contribution in [0.1, 0.15) is 18.1 Å². The number of halogens is 4. The number of alkyl halides is 3. The summed E-state index contributed by atoms with van der Waals surface area (Å²) in [6.07, 6.45) is -3.83. The second-order valence-electron chi connectivity index (χ2n) is 6.25. The fourth-order valence-corrected chi connectivity index (χ4v) is 3.94. The van der Waals surface area contributed by atoms with Crippen LogP contribution in [0, 0.1) is 6.92 Å². The molecule has 0 fully saturated rings. The Labute approximate surface area is 166 Å². The van der Waals surface area contributed by atoms with Crippen LogP contribution in [0.15, 0.2) is 42.5 Å². The van der Waals surface area contributed by atoms with E-state index in [9.17, 15) is 26.4 Å². The van der Waals surface area contributed by atoms with Crippen molar-refractivity contribution in [3.05, 3.63) is 58.6 Å². The number of nitrogens with zero attached hydrogens (tertiary/aromatic N) is 1. The van der Waals surface area contributed by atoms with Crippen LogP contribution >= 0.6 is 11.6 Å². The average molecular weight is 435 g/mol. The van der Waals surface area contributed by atoms with Crippen molar-refractivity contribution >= 4 is 38.9 Å². The molecule has 2 rings (SSSR count). The number of hydrogen-bond acceptors (Lipinski definition) is 3. The molecule has 0 aliphatic rings. The number of carbonyl (C=O) groups excluding carboxylic acids is 1. The summed E-state index contributed by atoms with van der Waals surface area (Å²) in [7, 11) is -3.88.